The van der Waals surface area contributed by atoms with Gasteiger partial charge < -0.3 is 14.5 Å². The van der Waals surface area contributed by atoms with Gasteiger partial charge in [-0.25, -0.2) is 9.59 Å². The molecule has 124 valence electrons. The van der Waals surface area contributed by atoms with Gasteiger partial charge in [-0.05, 0) is 38.2 Å². The molecule has 0 saturated carbocycles. The highest BCUT2D eigenvalue weighted by Crippen LogP contribution is 2.19. The predicted octanol–water partition coefficient (Wildman–Crippen LogP) is 2.15. The molecule has 23 heavy (non-hydrogen) atoms. The highest BCUT2D eigenvalue weighted by molar-refractivity contribution is 5.96. The summed E-state index contributed by atoms with van der Waals surface area (Å²) in [5, 5.41) is 4.72. The third-order valence-electron chi connectivity index (χ3n) is 3.46. The van der Waals surface area contributed by atoms with Gasteiger partial charge in [-0.2, -0.15) is 0 Å². The maximum atomic E-state index is 11.6. The average Bonchev–Trinajstić information content (AvgIpc) is 3.08. The van der Waals surface area contributed by atoms with E-state index in [1.54, 1.807) is 0 Å². The van der Waals surface area contributed by atoms with Gasteiger partial charge in [-0.3, -0.25) is 10.1 Å². The van der Waals surface area contributed by atoms with Crippen molar-refractivity contribution in [1.82, 2.24) is 10.6 Å². The molecule has 0 fully saturated rings. The number of carbonyl (C=O) groups excluding carboxylic acids is 3. The van der Waals surface area contributed by atoms with Crippen LogP contribution in [0.1, 0.15) is 42.5 Å². The summed E-state index contributed by atoms with van der Waals surface area (Å²) in [6.45, 7) is -0.0532. The quantitative estimate of drug-likeness (QED) is 0.618. The highest BCUT2D eigenvalue weighted by Gasteiger charge is 2.13. The Kier molecular flexibility index (Phi) is 6.40. The van der Waals surface area contributed by atoms with Crippen LogP contribution in [-0.4, -0.2) is 31.1 Å². The maximum absolute atomic E-state index is 11.6. The largest absolute Gasteiger partial charge is 0.472 e. The number of ether oxygens (including phenoxy) is 1. The summed E-state index contributed by atoms with van der Waals surface area (Å²) < 4.78 is 9.48. The van der Waals surface area contributed by atoms with Crippen molar-refractivity contribution in [1.29, 1.82) is 0 Å². The summed E-state index contributed by atoms with van der Waals surface area (Å²) in [4.78, 5) is 34.5. The number of hydrogen-bond donors (Lipinski definition) is 2. The molecule has 7 heteroatoms. The Morgan fingerprint density at radius 3 is 2.83 bits per heavy atom. The molecule has 0 spiro atoms. The standard InChI is InChI=1S/C16H20N2O5/c19-14(11-23-15(20)13-7-9-22-10-13)18-16(21)17-8-6-12-4-2-1-3-5-12/h4,7,9-10H,1-3,5-6,8,11H2,(H2,17,18,19,21). The predicted molar refractivity (Wildman–Crippen MR) is 81.7 cm³/mol. The van der Waals surface area contributed by atoms with E-state index in [1.807, 2.05) is 0 Å². The van der Waals surface area contributed by atoms with E-state index in [4.69, 9.17) is 9.15 Å². The van der Waals surface area contributed by atoms with Crippen molar-refractivity contribution < 1.29 is 23.5 Å². The Balaban J connectivity index is 1.59. The molecule has 1 aliphatic rings. The van der Waals surface area contributed by atoms with E-state index in [0.29, 0.717) is 6.54 Å². The van der Waals surface area contributed by atoms with Crippen LogP contribution in [0.2, 0.25) is 0 Å². The fourth-order valence-corrected chi connectivity index (χ4v) is 2.27. The second-order valence-corrected chi connectivity index (χ2v) is 5.25. The van der Waals surface area contributed by atoms with Crippen molar-refractivity contribution in [2.24, 2.45) is 0 Å². The van der Waals surface area contributed by atoms with Crippen molar-refractivity contribution in [3.63, 3.8) is 0 Å². The van der Waals surface area contributed by atoms with E-state index >= 15 is 0 Å². The molecule has 2 rings (SSSR count). The number of amides is 3. The lowest BCUT2D eigenvalue weighted by Gasteiger charge is -2.13. The number of urea groups is 1. The summed E-state index contributed by atoms with van der Waals surface area (Å²) in [7, 11) is 0. The summed E-state index contributed by atoms with van der Waals surface area (Å²) >= 11 is 0. The normalized spacial score (nSPS) is 13.8. The molecule has 7 nitrogen and oxygen atoms in total. The van der Waals surface area contributed by atoms with Crippen LogP contribution >= 0.6 is 0 Å². The zero-order chi connectivity index (χ0) is 16.5. The number of hydrogen-bond acceptors (Lipinski definition) is 5. The van der Waals surface area contributed by atoms with Crippen LogP contribution in [-0.2, 0) is 9.53 Å². The van der Waals surface area contributed by atoms with E-state index in [2.05, 4.69) is 16.7 Å². The summed E-state index contributed by atoms with van der Waals surface area (Å²) in [5.74, 6) is -1.37. The van der Waals surface area contributed by atoms with E-state index in [-0.39, 0.29) is 5.56 Å². The Labute approximate surface area is 134 Å². The van der Waals surface area contributed by atoms with Crippen LogP contribution in [0.4, 0.5) is 4.79 Å². The molecule has 0 aromatic carbocycles. The molecule has 2 N–H and O–H groups in total. The first kappa shape index (κ1) is 16.8. The van der Waals surface area contributed by atoms with Crippen LogP contribution in [0, 0.1) is 0 Å². The van der Waals surface area contributed by atoms with E-state index < -0.39 is 24.5 Å². The maximum Gasteiger partial charge on any atom is 0.341 e. The van der Waals surface area contributed by atoms with Crippen molar-refractivity contribution in [3.8, 4) is 0 Å². The van der Waals surface area contributed by atoms with Gasteiger partial charge in [0.15, 0.2) is 6.61 Å². The second-order valence-electron chi connectivity index (χ2n) is 5.25. The average molecular weight is 320 g/mol. The number of imide groups is 1. The van der Waals surface area contributed by atoms with Crippen LogP contribution in [0.25, 0.3) is 0 Å². The summed E-state index contributed by atoms with van der Waals surface area (Å²) in [6, 6.07) is 0.832. The third-order valence-corrected chi connectivity index (χ3v) is 3.46. The van der Waals surface area contributed by atoms with Crippen molar-refractivity contribution in [2.45, 2.75) is 32.1 Å². The number of furan rings is 1. The van der Waals surface area contributed by atoms with E-state index in [1.165, 1.54) is 37.0 Å². The number of esters is 1. The van der Waals surface area contributed by atoms with Gasteiger partial charge >= 0.3 is 12.0 Å². The molecule has 1 heterocycles. The first-order chi connectivity index (χ1) is 11.1. The van der Waals surface area contributed by atoms with Gasteiger partial charge in [0, 0.05) is 6.54 Å². The molecule has 0 aliphatic heterocycles. The molecular weight excluding hydrogens is 300 g/mol. The monoisotopic (exact) mass is 320 g/mol. The van der Waals surface area contributed by atoms with E-state index in [9.17, 15) is 14.4 Å². The van der Waals surface area contributed by atoms with Crippen molar-refractivity contribution in [3.05, 3.63) is 35.8 Å². The Morgan fingerprint density at radius 2 is 2.13 bits per heavy atom. The lowest BCUT2D eigenvalue weighted by Crippen LogP contribution is -2.41. The van der Waals surface area contributed by atoms with Gasteiger partial charge in [0.25, 0.3) is 5.91 Å². The molecule has 1 aliphatic carbocycles. The smallest absolute Gasteiger partial charge is 0.341 e. The number of rotatable bonds is 6. The Morgan fingerprint density at radius 1 is 1.26 bits per heavy atom. The molecular formula is C16H20N2O5. The number of nitrogens with one attached hydrogen (secondary N) is 2. The first-order valence-corrected chi connectivity index (χ1v) is 7.60. The van der Waals surface area contributed by atoms with Crippen LogP contribution in [0.5, 0.6) is 0 Å². The molecule has 0 unspecified atom stereocenters. The minimum absolute atomic E-state index is 0.211. The SMILES string of the molecule is O=C(COC(=O)c1ccoc1)NC(=O)NCCC1=CCCCC1. The molecule has 1 aromatic heterocycles. The van der Waals surface area contributed by atoms with Crippen LogP contribution in [0.15, 0.2) is 34.7 Å². The van der Waals surface area contributed by atoms with Crippen LogP contribution in [0.3, 0.4) is 0 Å². The molecule has 0 radical (unpaired) electrons. The second kappa shape index (κ2) is 8.77. The fourth-order valence-electron chi connectivity index (χ4n) is 2.27. The van der Waals surface area contributed by atoms with Crippen LogP contribution < -0.4 is 10.6 Å². The summed E-state index contributed by atoms with van der Waals surface area (Å²) in [6.07, 6.45) is 10.1. The molecule has 0 saturated heterocycles. The minimum Gasteiger partial charge on any atom is -0.472 e. The summed E-state index contributed by atoms with van der Waals surface area (Å²) in [5.41, 5.74) is 1.56. The Hall–Kier alpha value is -2.57. The highest BCUT2D eigenvalue weighted by atomic mass is 16.5. The lowest BCUT2D eigenvalue weighted by atomic mass is 9.97. The molecule has 0 bridgehead atoms. The van der Waals surface area contributed by atoms with Crippen molar-refractivity contribution in [2.75, 3.05) is 13.2 Å². The van der Waals surface area contributed by atoms with Crippen molar-refractivity contribution >= 4 is 17.9 Å². The zero-order valence-corrected chi connectivity index (χ0v) is 12.8. The van der Waals surface area contributed by atoms with Gasteiger partial charge in [0.2, 0.25) is 0 Å². The van der Waals surface area contributed by atoms with Gasteiger partial charge in [-0.15, -0.1) is 0 Å². The minimum atomic E-state index is -0.684. The number of allylic oxidation sites excluding steroid dienone is 1. The topological polar surface area (TPSA) is 97.6 Å². The van der Waals surface area contributed by atoms with Gasteiger partial charge in [0.05, 0.1) is 11.8 Å². The first-order valence-electron chi connectivity index (χ1n) is 7.60. The fraction of sp³-hybridized carbons (Fsp3) is 0.438. The molecule has 3 amide bonds. The third kappa shape index (κ3) is 5.98. The molecule has 1 aromatic rings. The van der Waals surface area contributed by atoms with E-state index in [0.717, 1.165) is 19.3 Å². The Bertz CT molecular complexity index is 577. The number of carbonyl (C=O) groups is 3. The molecule has 0 atom stereocenters. The lowest BCUT2D eigenvalue weighted by molar-refractivity contribution is -0.123. The van der Waals surface area contributed by atoms with Gasteiger partial charge in [-0.1, -0.05) is 11.6 Å². The van der Waals surface area contributed by atoms with Gasteiger partial charge in [0.1, 0.15) is 6.26 Å². The zero-order valence-electron chi connectivity index (χ0n) is 12.8.